The number of carbonyl (C=O) groups is 1. The fourth-order valence-corrected chi connectivity index (χ4v) is 3.71. The number of rotatable bonds is 3. The highest BCUT2D eigenvalue weighted by Gasteiger charge is 2.33. The zero-order valence-electron chi connectivity index (χ0n) is 15.0. The van der Waals surface area contributed by atoms with Gasteiger partial charge in [0, 0.05) is 18.6 Å². The predicted molar refractivity (Wildman–Crippen MR) is 91.2 cm³/mol. The van der Waals surface area contributed by atoms with Crippen LogP contribution in [0.15, 0.2) is 0 Å². The number of hydrogen-bond acceptors (Lipinski definition) is 4. The van der Waals surface area contributed by atoms with Crippen molar-refractivity contribution >= 4 is 6.09 Å². The van der Waals surface area contributed by atoms with Crippen molar-refractivity contribution in [3.63, 3.8) is 0 Å². The topological polar surface area (TPSA) is 75.8 Å². The van der Waals surface area contributed by atoms with Crippen LogP contribution in [0.25, 0.3) is 0 Å². The van der Waals surface area contributed by atoms with Gasteiger partial charge in [0.1, 0.15) is 5.60 Å². The largest absolute Gasteiger partial charge is 0.444 e. The first-order valence-corrected chi connectivity index (χ1v) is 9.12. The second-order valence-corrected chi connectivity index (χ2v) is 8.57. The van der Waals surface area contributed by atoms with Gasteiger partial charge in [0.2, 0.25) is 0 Å². The summed E-state index contributed by atoms with van der Waals surface area (Å²) in [4.78, 5) is 14.1. The van der Waals surface area contributed by atoms with Crippen molar-refractivity contribution in [2.75, 3.05) is 13.1 Å². The van der Waals surface area contributed by atoms with E-state index in [0.717, 1.165) is 64.5 Å². The molecule has 1 amide bonds. The van der Waals surface area contributed by atoms with Gasteiger partial charge in [-0.15, -0.1) is 0 Å². The zero-order valence-corrected chi connectivity index (χ0v) is 15.0. The summed E-state index contributed by atoms with van der Waals surface area (Å²) in [5.74, 6) is 0.517. The van der Waals surface area contributed by atoms with Gasteiger partial charge in [-0.05, 0) is 78.1 Å². The molecule has 1 saturated carbocycles. The lowest BCUT2D eigenvalue weighted by Crippen LogP contribution is -2.46. The van der Waals surface area contributed by atoms with Gasteiger partial charge in [0.25, 0.3) is 0 Å². The van der Waals surface area contributed by atoms with Crippen LogP contribution in [-0.4, -0.2) is 46.4 Å². The lowest BCUT2D eigenvalue weighted by Gasteiger charge is -2.38. The maximum Gasteiger partial charge on any atom is 0.410 e. The van der Waals surface area contributed by atoms with Crippen molar-refractivity contribution in [3.8, 4) is 0 Å². The highest BCUT2D eigenvalue weighted by Crippen LogP contribution is 2.33. The van der Waals surface area contributed by atoms with Crippen LogP contribution in [0.1, 0.15) is 72.1 Å². The number of nitrogens with zero attached hydrogens (tertiary/aromatic N) is 1. The van der Waals surface area contributed by atoms with E-state index < -0.39 is 5.60 Å². The molecule has 1 heterocycles. The van der Waals surface area contributed by atoms with Crippen LogP contribution >= 0.6 is 0 Å². The highest BCUT2D eigenvalue weighted by atomic mass is 16.6. The third kappa shape index (κ3) is 5.96. The first-order valence-electron chi connectivity index (χ1n) is 9.12. The smallest absolute Gasteiger partial charge is 0.410 e. The number of amides is 1. The maximum atomic E-state index is 12.2. The lowest BCUT2D eigenvalue weighted by atomic mass is 9.76. The Morgan fingerprint density at radius 2 is 1.96 bits per heavy atom. The minimum atomic E-state index is -0.436. The van der Waals surface area contributed by atoms with Gasteiger partial charge in [-0.3, -0.25) is 0 Å². The van der Waals surface area contributed by atoms with Crippen molar-refractivity contribution in [1.82, 2.24) is 4.90 Å². The van der Waals surface area contributed by atoms with Gasteiger partial charge in [0.05, 0.1) is 6.10 Å². The van der Waals surface area contributed by atoms with E-state index in [-0.39, 0.29) is 17.7 Å². The van der Waals surface area contributed by atoms with E-state index in [1.165, 1.54) is 0 Å². The standard InChI is InChI=1S/C18H34N2O3/c1-17(2,3)23-16(22)20-12-4-5-14(13-20)6-9-18(19)10-7-15(21)8-11-18/h14-15,21H,4-13,19H2,1-3H3. The molecule has 0 aromatic carbocycles. The van der Waals surface area contributed by atoms with Gasteiger partial charge in [-0.25, -0.2) is 4.79 Å². The Bertz CT molecular complexity index is 398. The second kappa shape index (κ2) is 7.39. The SMILES string of the molecule is CC(C)(C)OC(=O)N1CCCC(CCC2(N)CCC(O)CC2)C1. The van der Waals surface area contributed by atoms with E-state index in [4.69, 9.17) is 10.5 Å². The Labute approximate surface area is 140 Å². The molecule has 2 rings (SSSR count). The molecule has 0 aromatic heterocycles. The van der Waals surface area contributed by atoms with Crippen LogP contribution in [0, 0.1) is 5.92 Å². The fourth-order valence-electron chi connectivity index (χ4n) is 3.71. The van der Waals surface area contributed by atoms with Crippen molar-refractivity contribution in [2.24, 2.45) is 11.7 Å². The number of ether oxygens (including phenoxy) is 1. The molecular formula is C18H34N2O3. The molecule has 0 spiro atoms. The zero-order chi connectivity index (χ0) is 17.1. The summed E-state index contributed by atoms with van der Waals surface area (Å²) < 4.78 is 5.49. The molecule has 1 saturated heterocycles. The van der Waals surface area contributed by atoms with Crippen molar-refractivity contribution in [2.45, 2.75) is 89.4 Å². The van der Waals surface area contributed by atoms with Crippen LogP contribution in [0.3, 0.4) is 0 Å². The van der Waals surface area contributed by atoms with Crippen LogP contribution in [0.5, 0.6) is 0 Å². The highest BCUT2D eigenvalue weighted by molar-refractivity contribution is 5.68. The van der Waals surface area contributed by atoms with Crippen LogP contribution in [-0.2, 0) is 4.74 Å². The van der Waals surface area contributed by atoms with Crippen LogP contribution in [0.2, 0.25) is 0 Å². The Balaban J connectivity index is 1.79. The van der Waals surface area contributed by atoms with Gasteiger partial charge in [0.15, 0.2) is 0 Å². The molecule has 5 nitrogen and oxygen atoms in total. The molecule has 1 unspecified atom stereocenters. The summed E-state index contributed by atoms with van der Waals surface area (Å²) in [7, 11) is 0. The molecule has 1 atom stereocenters. The van der Waals surface area contributed by atoms with Crippen molar-refractivity contribution in [3.05, 3.63) is 0 Å². The van der Waals surface area contributed by atoms with Gasteiger partial charge in [-0.1, -0.05) is 0 Å². The van der Waals surface area contributed by atoms with Crippen molar-refractivity contribution < 1.29 is 14.6 Å². The molecule has 0 radical (unpaired) electrons. The summed E-state index contributed by atoms with van der Waals surface area (Å²) in [5.41, 5.74) is 5.95. The average Bonchev–Trinajstić information content (AvgIpc) is 2.47. The molecule has 0 bridgehead atoms. The third-order valence-electron chi connectivity index (χ3n) is 5.17. The Hall–Kier alpha value is -0.810. The third-order valence-corrected chi connectivity index (χ3v) is 5.17. The Kier molecular flexibility index (Phi) is 5.95. The Morgan fingerprint density at radius 3 is 2.57 bits per heavy atom. The summed E-state index contributed by atoms with van der Waals surface area (Å²) in [6.45, 7) is 7.30. The summed E-state index contributed by atoms with van der Waals surface area (Å²) >= 11 is 0. The summed E-state index contributed by atoms with van der Waals surface area (Å²) in [6, 6.07) is 0. The minimum absolute atomic E-state index is 0.118. The van der Waals surface area contributed by atoms with Crippen molar-refractivity contribution in [1.29, 1.82) is 0 Å². The predicted octanol–water partition coefficient (Wildman–Crippen LogP) is 3.05. The minimum Gasteiger partial charge on any atom is -0.444 e. The van der Waals surface area contributed by atoms with Crippen LogP contribution < -0.4 is 5.73 Å². The van der Waals surface area contributed by atoms with E-state index in [0.29, 0.717) is 5.92 Å². The second-order valence-electron chi connectivity index (χ2n) is 8.57. The number of piperidine rings is 1. The number of hydrogen-bond donors (Lipinski definition) is 2. The number of aliphatic hydroxyl groups excluding tert-OH is 1. The summed E-state index contributed by atoms with van der Waals surface area (Å²) in [5, 5.41) is 9.63. The maximum absolute atomic E-state index is 12.2. The van der Waals surface area contributed by atoms with Gasteiger partial charge >= 0.3 is 6.09 Å². The monoisotopic (exact) mass is 326 g/mol. The van der Waals surface area contributed by atoms with E-state index >= 15 is 0 Å². The molecule has 23 heavy (non-hydrogen) atoms. The fraction of sp³-hybridized carbons (Fsp3) is 0.944. The van der Waals surface area contributed by atoms with E-state index in [2.05, 4.69) is 0 Å². The molecule has 1 aliphatic carbocycles. The van der Waals surface area contributed by atoms with E-state index in [1.807, 2.05) is 25.7 Å². The quantitative estimate of drug-likeness (QED) is 0.836. The van der Waals surface area contributed by atoms with Gasteiger partial charge in [-0.2, -0.15) is 0 Å². The lowest BCUT2D eigenvalue weighted by molar-refractivity contribution is 0.0153. The van der Waals surface area contributed by atoms with Crippen LogP contribution in [0.4, 0.5) is 4.79 Å². The molecule has 2 aliphatic rings. The van der Waals surface area contributed by atoms with E-state index in [9.17, 15) is 9.90 Å². The molecule has 2 fully saturated rings. The molecule has 1 aliphatic heterocycles. The number of carbonyl (C=O) groups excluding carboxylic acids is 1. The Morgan fingerprint density at radius 1 is 1.30 bits per heavy atom. The molecular weight excluding hydrogens is 292 g/mol. The molecule has 3 N–H and O–H groups in total. The first kappa shape index (κ1) is 18.5. The number of aliphatic hydroxyl groups is 1. The normalized spacial score (nSPS) is 32.7. The average molecular weight is 326 g/mol. The first-order chi connectivity index (χ1) is 10.7. The van der Waals surface area contributed by atoms with Gasteiger partial charge < -0.3 is 20.5 Å². The molecule has 5 heteroatoms. The molecule has 134 valence electrons. The number of nitrogens with two attached hydrogens (primary N) is 1. The number of likely N-dealkylation sites (tertiary alicyclic amines) is 1. The van der Waals surface area contributed by atoms with E-state index in [1.54, 1.807) is 0 Å². The summed E-state index contributed by atoms with van der Waals surface area (Å²) in [6.07, 6.45) is 7.38. The molecule has 0 aromatic rings.